The summed E-state index contributed by atoms with van der Waals surface area (Å²) in [6.07, 6.45) is 5.47. The molecule has 1 saturated carbocycles. The maximum absolute atomic E-state index is 13.4. The molecule has 112 valence electrons. The molecule has 1 atom stereocenters. The van der Waals surface area contributed by atoms with Gasteiger partial charge in [-0.05, 0) is 58.1 Å². The van der Waals surface area contributed by atoms with E-state index in [-0.39, 0.29) is 11.6 Å². The first-order valence-corrected chi connectivity index (χ1v) is 7.28. The second-order valence-corrected chi connectivity index (χ2v) is 6.00. The third-order valence-electron chi connectivity index (χ3n) is 4.78. The molecule has 1 N–H and O–H groups in total. The van der Waals surface area contributed by atoms with Gasteiger partial charge < -0.3 is 10.2 Å². The van der Waals surface area contributed by atoms with Gasteiger partial charge in [-0.2, -0.15) is 0 Å². The predicted molar refractivity (Wildman–Crippen MR) is 77.8 cm³/mol. The van der Waals surface area contributed by atoms with Crippen LogP contribution in [0.5, 0.6) is 0 Å². The molecule has 0 bridgehead atoms. The number of rotatable bonds is 5. The molecule has 1 aromatic carbocycles. The zero-order valence-corrected chi connectivity index (χ0v) is 12.5. The van der Waals surface area contributed by atoms with Gasteiger partial charge in [0.05, 0.1) is 0 Å². The molecule has 1 fully saturated rings. The van der Waals surface area contributed by atoms with Crippen molar-refractivity contribution >= 4 is 0 Å². The molecule has 1 aliphatic rings. The molecule has 0 aliphatic heterocycles. The lowest BCUT2D eigenvalue weighted by molar-refractivity contribution is 0.108. The third-order valence-corrected chi connectivity index (χ3v) is 4.78. The number of halogens is 2. The van der Waals surface area contributed by atoms with E-state index in [1.807, 2.05) is 7.05 Å². The molecule has 0 radical (unpaired) electrons. The summed E-state index contributed by atoms with van der Waals surface area (Å²) in [5.74, 6) is -1.54. The molecule has 2 rings (SSSR count). The van der Waals surface area contributed by atoms with Crippen molar-refractivity contribution < 1.29 is 8.78 Å². The van der Waals surface area contributed by atoms with Crippen molar-refractivity contribution in [1.29, 1.82) is 0 Å². The summed E-state index contributed by atoms with van der Waals surface area (Å²) in [6.45, 7) is 0. The van der Waals surface area contributed by atoms with E-state index < -0.39 is 11.6 Å². The fraction of sp³-hybridized carbons (Fsp3) is 0.625. The summed E-state index contributed by atoms with van der Waals surface area (Å²) in [6, 6.07) is 4.46. The van der Waals surface area contributed by atoms with Crippen molar-refractivity contribution in [2.75, 3.05) is 21.1 Å². The molecule has 0 saturated heterocycles. The van der Waals surface area contributed by atoms with Crippen LogP contribution in [0.1, 0.15) is 31.2 Å². The summed E-state index contributed by atoms with van der Waals surface area (Å²) in [7, 11) is 6.18. The summed E-state index contributed by atoms with van der Waals surface area (Å²) >= 11 is 0. The number of benzene rings is 1. The normalized spacial score (nSPS) is 19.5. The Morgan fingerprint density at radius 3 is 2.35 bits per heavy atom. The van der Waals surface area contributed by atoms with E-state index in [2.05, 4.69) is 24.3 Å². The van der Waals surface area contributed by atoms with Crippen LogP contribution in [0.15, 0.2) is 18.2 Å². The van der Waals surface area contributed by atoms with Crippen molar-refractivity contribution in [3.8, 4) is 0 Å². The van der Waals surface area contributed by atoms with Gasteiger partial charge in [0, 0.05) is 11.6 Å². The SMILES string of the molecule is CNC(Cc1ccc(F)c(F)c1)C1(N(C)C)CCCC1. The zero-order valence-electron chi connectivity index (χ0n) is 12.5. The van der Waals surface area contributed by atoms with Crippen LogP contribution >= 0.6 is 0 Å². The minimum absolute atomic E-state index is 0.111. The maximum atomic E-state index is 13.4. The number of hydrogen-bond donors (Lipinski definition) is 1. The van der Waals surface area contributed by atoms with E-state index in [4.69, 9.17) is 0 Å². The summed E-state index contributed by atoms with van der Waals surface area (Å²) in [4.78, 5) is 2.29. The molecule has 4 heteroatoms. The molecule has 2 nitrogen and oxygen atoms in total. The summed E-state index contributed by atoms with van der Waals surface area (Å²) < 4.78 is 26.4. The van der Waals surface area contributed by atoms with Crippen LogP contribution in [-0.4, -0.2) is 37.6 Å². The van der Waals surface area contributed by atoms with Gasteiger partial charge in [-0.15, -0.1) is 0 Å². The zero-order chi connectivity index (χ0) is 14.8. The van der Waals surface area contributed by atoms with Crippen molar-refractivity contribution in [2.45, 2.75) is 43.7 Å². The lowest BCUT2D eigenvalue weighted by Crippen LogP contribution is -2.57. The number of likely N-dealkylation sites (N-methyl/N-ethyl adjacent to an activating group) is 2. The van der Waals surface area contributed by atoms with Gasteiger partial charge in [-0.1, -0.05) is 18.9 Å². The fourth-order valence-corrected chi connectivity index (χ4v) is 3.56. The monoisotopic (exact) mass is 282 g/mol. The number of nitrogens with one attached hydrogen (secondary N) is 1. The highest BCUT2D eigenvalue weighted by Crippen LogP contribution is 2.37. The smallest absolute Gasteiger partial charge is 0.159 e. The van der Waals surface area contributed by atoms with E-state index in [9.17, 15) is 8.78 Å². The highest BCUT2D eigenvalue weighted by atomic mass is 19.2. The lowest BCUT2D eigenvalue weighted by Gasteiger charge is -2.43. The number of hydrogen-bond acceptors (Lipinski definition) is 2. The van der Waals surface area contributed by atoms with Crippen LogP contribution in [0, 0.1) is 11.6 Å². The summed E-state index contributed by atoms with van der Waals surface area (Å²) in [5, 5.41) is 3.39. The van der Waals surface area contributed by atoms with Crippen LogP contribution in [-0.2, 0) is 6.42 Å². The second-order valence-electron chi connectivity index (χ2n) is 6.00. The minimum atomic E-state index is -0.780. The van der Waals surface area contributed by atoms with Gasteiger partial charge >= 0.3 is 0 Å². The van der Waals surface area contributed by atoms with Gasteiger partial charge in [0.2, 0.25) is 0 Å². The van der Waals surface area contributed by atoms with E-state index in [1.54, 1.807) is 6.07 Å². The first-order valence-electron chi connectivity index (χ1n) is 7.28. The molecule has 0 spiro atoms. The Balaban J connectivity index is 2.21. The van der Waals surface area contributed by atoms with E-state index in [0.717, 1.165) is 18.4 Å². The molecule has 0 heterocycles. The summed E-state index contributed by atoms with van der Waals surface area (Å²) in [5.41, 5.74) is 0.955. The highest BCUT2D eigenvalue weighted by Gasteiger charge is 2.42. The van der Waals surface area contributed by atoms with Crippen LogP contribution in [0.4, 0.5) is 8.78 Å². The molecule has 0 amide bonds. The average molecular weight is 282 g/mol. The van der Waals surface area contributed by atoms with Gasteiger partial charge in [-0.3, -0.25) is 0 Å². The predicted octanol–water partition coefficient (Wildman–Crippen LogP) is 2.97. The number of nitrogens with zero attached hydrogens (tertiary/aromatic N) is 1. The van der Waals surface area contributed by atoms with Crippen LogP contribution in [0.3, 0.4) is 0 Å². The molecular formula is C16H24F2N2. The first-order chi connectivity index (χ1) is 9.49. The fourth-order valence-electron chi connectivity index (χ4n) is 3.56. The molecule has 1 aliphatic carbocycles. The molecule has 1 aromatic rings. The Bertz CT molecular complexity index is 454. The van der Waals surface area contributed by atoms with Crippen molar-refractivity contribution in [1.82, 2.24) is 10.2 Å². The van der Waals surface area contributed by atoms with E-state index in [0.29, 0.717) is 6.42 Å². The topological polar surface area (TPSA) is 15.3 Å². The van der Waals surface area contributed by atoms with Crippen molar-refractivity contribution in [3.63, 3.8) is 0 Å². The Labute approximate surface area is 120 Å². The standard InChI is InChI=1S/C16H24F2N2/c1-19-15(16(20(2)3)8-4-5-9-16)11-12-6-7-13(17)14(18)10-12/h6-7,10,15,19H,4-5,8-9,11H2,1-3H3. The maximum Gasteiger partial charge on any atom is 0.159 e. The first kappa shape index (κ1) is 15.4. The molecule has 0 aromatic heterocycles. The largest absolute Gasteiger partial charge is 0.315 e. The quantitative estimate of drug-likeness (QED) is 0.893. The Kier molecular flexibility index (Phi) is 4.76. The van der Waals surface area contributed by atoms with Gasteiger partial charge in [0.25, 0.3) is 0 Å². The Hall–Kier alpha value is -1.00. The van der Waals surface area contributed by atoms with Crippen molar-refractivity contribution in [3.05, 3.63) is 35.4 Å². The Morgan fingerprint density at radius 2 is 1.85 bits per heavy atom. The third kappa shape index (κ3) is 2.86. The molecular weight excluding hydrogens is 258 g/mol. The average Bonchev–Trinajstić information content (AvgIpc) is 2.90. The molecule has 20 heavy (non-hydrogen) atoms. The van der Waals surface area contributed by atoms with Crippen LogP contribution in [0.2, 0.25) is 0 Å². The van der Waals surface area contributed by atoms with Crippen LogP contribution < -0.4 is 5.32 Å². The Morgan fingerprint density at radius 1 is 1.20 bits per heavy atom. The van der Waals surface area contributed by atoms with Crippen molar-refractivity contribution in [2.24, 2.45) is 0 Å². The van der Waals surface area contributed by atoms with Gasteiger partial charge in [0.1, 0.15) is 0 Å². The van der Waals surface area contributed by atoms with E-state index >= 15 is 0 Å². The van der Waals surface area contributed by atoms with E-state index in [1.165, 1.54) is 25.0 Å². The van der Waals surface area contributed by atoms with Gasteiger partial charge in [0.15, 0.2) is 11.6 Å². The minimum Gasteiger partial charge on any atom is -0.315 e. The van der Waals surface area contributed by atoms with Crippen LogP contribution in [0.25, 0.3) is 0 Å². The lowest BCUT2D eigenvalue weighted by atomic mass is 9.83. The molecule has 1 unspecified atom stereocenters. The van der Waals surface area contributed by atoms with Gasteiger partial charge in [-0.25, -0.2) is 8.78 Å². The second kappa shape index (κ2) is 6.19. The highest BCUT2D eigenvalue weighted by molar-refractivity contribution is 5.20.